The smallest absolute Gasteiger partial charge is 0.306 e. The van der Waals surface area contributed by atoms with Gasteiger partial charge < -0.3 is 20.6 Å². The lowest BCUT2D eigenvalue weighted by Gasteiger charge is -2.08. The van der Waals surface area contributed by atoms with Gasteiger partial charge in [0, 0.05) is 22.9 Å². The summed E-state index contributed by atoms with van der Waals surface area (Å²) in [4.78, 5) is 27.3. The first-order valence-corrected chi connectivity index (χ1v) is 8.44. The fraction of sp³-hybridized carbons (Fsp3) is 0.312. The van der Waals surface area contributed by atoms with E-state index in [-0.39, 0.29) is 34.0 Å². The second kappa shape index (κ2) is 6.67. The van der Waals surface area contributed by atoms with E-state index in [0.717, 1.165) is 23.5 Å². The predicted molar refractivity (Wildman–Crippen MR) is 87.9 cm³/mol. The molecule has 1 saturated carbocycles. The number of carboxylic acids is 1. The summed E-state index contributed by atoms with van der Waals surface area (Å²) < 4.78 is 13.5. The number of carbonyl (C=O) groups excluding carboxylic acids is 1. The Balaban J connectivity index is 1.71. The molecule has 25 heavy (non-hydrogen) atoms. The fourth-order valence-corrected chi connectivity index (χ4v) is 3.58. The molecular formula is C16H15FN2O5S. The molecule has 0 spiro atoms. The highest BCUT2D eigenvalue weighted by Gasteiger charge is 2.34. The molecule has 3 rings (SSSR count). The molecule has 0 bridgehead atoms. The van der Waals surface area contributed by atoms with E-state index in [1.165, 1.54) is 5.38 Å². The van der Waals surface area contributed by atoms with Crippen LogP contribution in [-0.2, 0) is 9.59 Å². The van der Waals surface area contributed by atoms with E-state index in [9.17, 15) is 24.2 Å². The molecule has 0 saturated heterocycles. The van der Waals surface area contributed by atoms with Crippen molar-refractivity contribution >= 4 is 28.3 Å². The van der Waals surface area contributed by atoms with Crippen LogP contribution in [0, 0.1) is 17.7 Å². The van der Waals surface area contributed by atoms with E-state index in [2.05, 4.69) is 10.3 Å². The molecular weight excluding hydrogens is 351 g/mol. The Kier molecular flexibility index (Phi) is 4.58. The number of carbonyl (C=O) groups is 2. The molecule has 0 aliphatic heterocycles. The van der Waals surface area contributed by atoms with Gasteiger partial charge in [-0.1, -0.05) is 0 Å². The van der Waals surface area contributed by atoms with Crippen molar-refractivity contribution in [3.8, 4) is 22.8 Å². The molecule has 0 radical (unpaired) electrons. The highest BCUT2D eigenvalue weighted by Crippen LogP contribution is 2.36. The standard InChI is InChI=1S/C16H15FN2O5S/c17-10-4-9(12(20)5-13(10)21)11-6-25-16(18-11)19-14(22)7-1-2-8(3-7)15(23)24/h4-8,20-21H,1-3H2,(H,23,24)(H,18,19,22)/t7-,8+/m1/s1. The fourth-order valence-electron chi connectivity index (χ4n) is 2.86. The average molecular weight is 366 g/mol. The number of anilines is 1. The number of aliphatic carboxylic acids is 1. The average Bonchev–Trinajstić information content (AvgIpc) is 3.20. The highest BCUT2D eigenvalue weighted by molar-refractivity contribution is 7.14. The molecule has 7 nitrogen and oxygen atoms in total. The summed E-state index contributed by atoms with van der Waals surface area (Å²) in [5.41, 5.74) is 0.352. The van der Waals surface area contributed by atoms with Crippen LogP contribution in [0.1, 0.15) is 19.3 Å². The first-order chi connectivity index (χ1) is 11.8. The SMILES string of the molecule is O=C(O)[C@H]1CC[C@@H](C(=O)Nc2nc(-c3cc(F)c(O)cc3O)cs2)C1. The minimum Gasteiger partial charge on any atom is -0.507 e. The van der Waals surface area contributed by atoms with Gasteiger partial charge in [-0.2, -0.15) is 0 Å². The van der Waals surface area contributed by atoms with Crippen molar-refractivity contribution in [1.82, 2.24) is 4.98 Å². The molecule has 4 N–H and O–H groups in total. The van der Waals surface area contributed by atoms with Crippen LogP contribution < -0.4 is 5.32 Å². The van der Waals surface area contributed by atoms with E-state index in [1.54, 1.807) is 0 Å². The number of aromatic nitrogens is 1. The summed E-state index contributed by atoms with van der Waals surface area (Å²) in [5.74, 6) is -3.96. The van der Waals surface area contributed by atoms with Crippen molar-refractivity contribution in [3.63, 3.8) is 0 Å². The lowest BCUT2D eigenvalue weighted by atomic mass is 10.0. The largest absolute Gasteiger partial charge is 0.507 e. The Labute approximate surface area is 145 Å². The van der Waals surface area contributed by atoms with E-state index in [1.807, 2.05) is 0 Å². The zero-order chi connectivity index (χ0) is 18.1. The Morgan fingerprint density at radius 1 is 1.20 bits per heavy atom. The number of rotatable bonds is 4. The van der Waals surface area contributed by atoms with E-state index >= 15 is 0 Å². The van der Waals surface area contributed by atoms with Crippen molar-refractivity contribution in [2.75, 3.05) is 5.32 Å². The maximum atomic E-state index is 13.5. The summed E-state index contributed by atoms with van der Waals surface area (Å²) in [5, 5.41) is 32.5. The van der Waals surface area contributed by atoms with E-state index in [4.69, 9.17) is 5.11 Å². The molecule has 1 aliphatic rings. The number of thiazole rings is 1. The first kappa shape index (κ1) is 17.2. The quantitative estimate of drug-likeness (QED) is 0.660. The summed E-state index contributed by atoms with van der Waals surface area (Å²) >= 11 is 1.10. The lowest BCUT2D eigenvalue weighted by molar-refractivity contribution is -0.141. The third-order valence-corrected chi connectivity index (χ3v) is 4.99. The topological polar surface area (TPSA) is 120 Å². The predicted octanol–water partition coefficient (Wildman–Crippen LogP) is 2.80. The summed E-state index contributed by atoms with van der Waals surface area (Å²) in [7, 11) is 0. The minimum atomic E-state index is -0.892. The van der Waals surface area contributed by atoms with Crippen molar-refractivity contribution in [2.45, 2.75) is 19.3 Å². The number of nitrogens with one attached hydrogen (secondary N) is 1. The van der Waals surface area contributed by atoms with Gasteiger partial charge >= 0.3 is 5.97 Å². The Hall–Kier alpha value is -2.68. The lowest BCUT2D eigenvalue weighted by Crippen LogP contribution is -2.21. The molecule has 2 aromatic rings. The summed E-state index contributed by atoms with van der Waals surface area (Å²) in [6.07, 6.45) is 1.27. The Bertz CT molecular complexity index is 838. The molecule has 132 valence electrons. The van der Waals surface area contributed by atoms with Crippen molar-refractivity contribution in [1.29, 1.82) is 0 Å². The van der Waals surface area contributed by atoms with Crippen LogP contribution in [0.2, 0.25) is 0 Å². The van der Waals surface area contributed by atoms with Crippen molar-refractivity contribution in [3.05, 3.63) is 23.3 Å². The second-order valence-corrected chi connectivity index (χ2v) is 6.75. The Morgan fingerprint density at radius 3 is 2.60 bits per heavy atom. The van der Waals surface area contributed by atoms with Gasteiger partial charge in [0.2, 0.25) is 5.91 Å². The van der Waals surface area contributed by atoms with Crippen LogP contribution in [-0.4, -0.2) is 32.2 Å². The number of phenols is 2. The van der Waals surface area contributed by atoms with Gasteiger partial charge in [0.15, 0.2) is 16.7 Å². The normalized spacial score (nSPS) is 19.7. The molecule has 1 heterocycles. The molecule has 9 heteroatoms. The summed E-state index contributed by atoms with van der Waals surface area (Å²) in [6, 6.07) is 1.84. The number of amides is 1. The Morgan fingerprint density at radius 2 is 1.92 bits per heavy atom. The molecule has 0 unspecified atom stereocenters. The van der Waals surface area contributed by atoms with Crippen LogP contribution in [0.3, 0.4) is 0 Å². The van der Waals surface area contributed by atoms with Gasteiger partial charge in [0.25, 0.3) is 0 Å². The second-order valence-electron chi connectivity index (χ2n) is 5.89. The van der Waals surface area contributed by atoms with Crippen LogP contribution in [0.4, 0.5) is 9.52 Å². The molecule has 1 aliphatic carbocycles. The number of phenolic OH excluding ortho intramolecular Hbond substituents is 2. The number of nitrogens with zero attached hydrogens (tertiary/aromatic N) is 1. The van der Waals surface area contributed by atoms with Gasteiger partial charge in [-0.25, -0.2) is 9.37 Å². The minimum absolute atomic E-state index is 0.0962. The molecule has 1 amide bonds. The van der Waals surface area contributed by atoms with Gasteiger partial charge in [0.1, 0.15) is 5.75 Å². The number of benzene rings is 1. The zero-order valence-electron chi connectivity index (χ0n) is 12.9. The van der Waals surface area contributed by atoms with E-state index < -0.39 is 23.5 Å². The number of hydrogen-bond donors (Lipinski definition) is 4. The third kappa shape index (κ3) is 3.55. The van der Waals surface area contributed by atoms with Gasteiger partial charge in [0.05, 0.1) is 11.6 Å². The monoisotopic (exact) mass is 366 g/mol. The summed E-state index contributed by atoms with van der Waals surface area (Å²) in [6.45, 7) is 0. The first-order valence-electron chi connectivity index (χ1n) is 7.56. The maximum Gasteiger partial charge on any atom is 0.306 e. The van der Waals surface area contributed by atoms with Crippen LogP contribution in [0.5, 0.6) is 11.5 Å². The van der Waals surface area contributed by atoms with Crippen molar-refractivity contribution in [2.24, 2.45) is 11.8 Å². The van der Waals surface area contributed by atoms with E-state index in [0.29, 0.717) is 19.3 Å². The highest BCUT2D eigenvalue weighted by atomic mass is 32.1. The van der Waals surface area contributed by atoms with Gasteiger partial charge in [-0.3, -0.25) is 9.59 Å². The number of hydrogen-bond acceptors (Lipinski definition) is 6. The number of carboxylic acid groups (broad SMARTS) is 1. The van der Waals surface area contributed by atoms with Gasteiger partial charge in [-0.05, 0) is 25.3 Å². The molecule has 1 aromatic heterocycles. The van der Waals surface area contributed by atoms with Gasteiger partial charge in [-0.15, -0.1) is 11.3 Å². The molecule has 2 atom stereocenters. The molecule has 1 fully saturated rings. The number of halogens is 1. The molecule has 1 aromatic carbocycles. The number of aromatic hydroxyl groups is 2. The van der Waals surface area contributed by atoms with Crippen LogP contribution >= 0.6 is 11.3 Å². The van der Waals surface area contributed by atoms with Crippen molar-refractivity contribution < 1.29 is 29.3 Å². The maximum absolute atomic E-state index is 13.5. The van der Waals surface area contributed by atoms with Crippen LogP contribution in [0.15, 0.2) is 17.5 Å². The van der Waals surface area contributed by atoms with Crippen LogP contribution in [0.25, 0.3) is 11.3 Å². The third-order valence-electron chi connectivity index (χ3n) is 4.23. The zero-order valence-corrected chi connectivity index (χ0v) is 13.7.